The van der Waals surface area contributed by atoms with Crippen molar-refractivity contribution >= 4 is 27.7 Å². The van der Waals surface area contributed by atoms with Crippen molar-refractivity contribution in [2.75, 3.05) is 23.7 Å². The van der Waals surface area contributed by atoms with Crippen LogP contribution in [-0.2, 0) is 0 Å². The zero-order valence-corrected chi connectivity index (χ0v) is 12.8. The molecule has 1 saturated carbocycles. The summed E-state index contributed by atoms with van der Waals surface area (Å²) in [4.78, 5) is 8.72. The maximum atomic E-state index is 4.48. The number of nitrogens with one attached hydrogen (secondary N) is 2. The number of rotatable bonds is 6. The van der Waals surface area contributed by atoms with Crippen LogP contribution in [0.2, 0.25) is 0 Å². The van der Waals surface area contributed by atoms with E-state index < -0.39 is 0 Å². The highest BCUT2D eigenvalue weighted by Gasteiger charge is 2.45. The van der Waals surface area contributed by atoms with Crippen LogP contribution < -0.4 is 10.6 Å². The van der Waals surface area contributed by atoms with E-state index in [1.54, 1.807) is 6.20 Å². The number of halogens is 1. The molecule has 0 bridgehead atoms. The fourth-order valence-corrected chi connectivity index (χ4v) is 2.29. The SMILES string of the molecule is CCCNc1ncc(Br)c(NCC2CC2(C)C)n1. The molecule has 0 aromatic carbocycles. The van der Waals surface area contributed by atoms with Crippen LogP contribution in [-0.4, -0.2) is 23.1 Å². The molecule has 1 aromatic heterocycles. The molecule has 0 spiro atoms. The summed E-state index contributed by atoms with van der Waals surface area (Å²) in [7, 11) is 0. The summed E-state index contributed by atoms with van der Waals surface area (Å²) in [6.45, 7) is 8.62. The molecular formula is C13H21BrN4. The Hall–Kier alpha value is -0.840. The van der Waals surface area contributed by atoms with Gasteiger partial charge >= 0.3 is 0 Å². The van der Waals surface area contributed by atoms with Crippen LogP contribution >= 0.6 is 15.9 Å². The van der Waals surface area contributed by atoms with Crippen molar-refractivity contribution in [1.29, 1.82) is 0 Å². The molecule has 0 saturated heterocycles. The third-order valence-electron chi connectivity index (χ3n) is 3.51. The van der Waals surface area contributed by atoms with Gasteiger partial charge in [0.2, 0.25) is 5.95 Å². The van der Waals surface area contributed by atoms with E-state index in [0.717, 1.165) is 35.7 Å². The molecule has 100 valence electrons. The molecule has 1 heterocycles. The lowest BCUT2D eigenvalue weighted by molar-refractivity contribution is 0.572. The van der Waals surface area contributed by atoms with Crippen LogP contribution in [0.15, 0.2) is 10.7 Å². The third kappa shape index (κ3) is 3.34. The van der Waals surface area contributed by atoms with Crippen molar-refractivity contribution in [2.45, 2.75) is 33.6 Å². The maximum absolute atomic E-state index is 4.48. The van der Waals surface area contributed by atoms with Crippen molar-refractivity contribution in [3.8, 4) is 0 Å². The summed E-state index contributed by atoms with van der Waals surface area (Å²) in [5, 5.41) is 6.61. The van der Waals surface area contributed by atoms with Gasteiger partial charge in [-0.25, -0.2) is 4.98 Å². The lowest BCUT2D eigenvalue weighted by Crippen LogP contribution is -2.11. The fraction of sp³-hybridized carbons (Fsp3) is 0.692. The van der Waals surface area contributed by atoms with Gasteiger partial charge in [-0.1, -0.05) is 20.8 Å². The quantitative estimate of drug-likeness (QED) is 0.844. The molecule has 1 aliphatic carbocycles. The van der Waals surface area contributed by atoms with Crippen molar-refractivity contribution in [2.24, 2.45) is 11.3 Å². The first kappa shape index (κ1) is 13.6. The zero-order valence-electron chi connectivity index (χ0n) is 11.3. The van der Waals surface area contributed by atoms with Crippen molar-refractivity contribution in [1.82, 2.24) is 9.97 Å². The fourth-order valence-electron chi connectivity index (χ4n) is 1.96. The van der Waals surface area contributed by atoms with E-state index in [-0.39, 0.29) is 0 Å². The van der Waals surface area contributed by atoms with E-state index in [1.165, 1.54) is 6.42 Å². The van der Waals surface area contributed by atoms with Gasteiger partial charge in [-0.15, -0.1) is 0 Å². The summed E-state index contributed by atoms with van der Waals surface area (Å²) in [5.41, 5.74) is 0.496. The summed E-state index contributed by atoms with van der Waals surface area (Å²) >= 11 is 3.48. The van der Waals surface area contributed by atoms with Gasteiger partial charge in [0.05, 0.1) is 4.47 Å². The van der Waals surface area contributed by atoms with E-state index in [1.807, 2.05) is 0 Å². The van der Waals surface area contributed by atoms with Crippen LogP contribution in [0.3, 0.4) is 0 Å². The van der Waals surface area contributed by atoms with Crippen LogP contribution in [0, 0.1) is 11.3 Å². The molecule has 0 radical (unpaired) electrons. The average Bonchev–Trinajstić information content (AvgIpc) is 2.94. The summed E-state index contributed by atoms with van der Waals surface area (Å²) < 4.78 is 0.919. The van der Waals surface area contributed by atoms with E-state index in [0.29, 0.717) is 11.4 Å². The van der Waals surface area contributed by atoms with Gasteiger partial charge in [-0.05, 0) is 40.1 Å². The molecule has 1 aromatic rings. The number of nitrogens with zero attached hydrogens (tertiary/aromatic N) is 2. The normalized spacial score (nSPS) is 20.6. The molecule has 1 unspecified atom stereocenters. The second kappa shape index (κ2) is 5.43. The predicted octanol–water partition coefficient (Wildman–Crippen LogP) is 3.52. The minimum absolute atomic E-state index is 0.496. The molecule has 4 nitrogen and oxygen atoms in total. The molecule has 0 amide bonds. The van der Waals surface area contributed by atoms with Gasteiger partial charge in [0.15, 0.2) is 0 Å². The van der Waals surface area contributed by atoms with E-state index in [9.17, 15) is 0 Å². The second-order valence-corrected chi connectivity index (χ2v) is 6.44. The Balaban J connectivity index is 1.94. The molecule has 0 aliphatic heterocycles. The third-order valence-corrected chi connectivity index (χ3v) is 4.09. The topological polar surface area (TPSA) is 49.8 Å². The highest BCUT2D eigenvalue weighted by Crippen LogP contribution is 2.51. The van der Waals surface area contributed by atoms with Crippen LogP contribution in [0.4, 0.5) is 11.8 Å². The number of aromatic nitrogens is 2. The van der Waals surface area contributed by atoms with Gasteiger partial charge in [0.25, 0.3) is 0 Å². The monoisotopic (exact) mass is 312 g/mol. The Morgan fingerprint density at radius 3 is 2.78 bits per heavy atom. The Bertz CT molecular complexity index is 419. The molecule has 2 rings (SSSR count). The smallest absolute Gasteiger partial charge is 0.224 e. The van der Waals surface area contributed by atoms with Gasteiger partial charge < -0.3 is 10.6 Å². The lowest BCUT2D eigenvalue weighted by atomic mass is 10.1. The van der Waals surface area contributed by atoms with Gasteiger partial charge in [-0.2, -0.15) is 4.98 Å². The Morgan fingerprint density at radius 1 is 1.44 bits per heavy atom. The molecular weight excluding hydrogens is 292 g/mol. The van der Waals surface area contributed by atoms with E-state index in [4.69, 9.17) is 0 Å². The molecule has 1 atom stereocenters. The largest absolute Gasteiger partial charge is 0.369 e. The Kier molecular flexibility index (Phi) is 4.10. The van der Waals surface area contributed by atoms with Crippen molar-refractivity contribution in [3.05, 3.63) is 10.7 Å². The summed E-state index contributed by atoms with van der Waals surface area (Å²) in [6.07, 6.45) is 4.16. The van der Waals surface area contributed by atoms with Crippen molar-refractivity contribution in [3.63, 3.8) is 0 Å². The second-order valence-electron chi connectivity index (χ2n) is 5.59. The molecule has 1 aliphatic rings. The summed E-state index contributed by atoms with van der Waals surface area (Å²) in [6, 6.07) is 0. The van der Waals surface area contributed by atoms with E-state index >= 15 is 0 Å². The molecule has 2 N–H and O–H groups in total. The van der Waals surface area contributed by atoms with Crippen LogP contribution in [0.1, 0.15) is 33.6 Å². The minimum Gasteiger partial charge on any atom is -0.369 e. The molecule has 5 heteroatoms. The standard InChI is InChI=1S/C13H21BrN4/c1-4-5-15-12-17-8-10(14)11(18-12)16-7-9-6-13(9,2)3/h8-9H,4-7H2,1-3H3,(H2,15,16,17,18). The van der Waals surface area contributed by atoms with Crippen molar-refractivity contribution < 1.29 is 0 Å². The van der Waals surface area contributed by atoms with Crippen LogP contribution in [0.25, 0.3) is 0 Å². The van der Waals surface area contributed by atoms with Gasteiger partial charge in [0.1, 0.15) is 5.82 Å². The first-order chi connectivity index (χ1) is 8.53. The van der Waals surface area contributed by atoms with Gasteiger partial charge in [-0.3, -0.25) is 0 Å². The first-order valence-corrected chi connectivity index (χ1v) is 7.32. The highest BCUT2D eigenvalue weighted by molar-refractivity contribution is 9.10. The lowest BCUT2D eigenvalue weighted by Gasteiger charge is -2.10. The minimum atomic E-state index is 0.496. The summed E-state index contributed by atoms with van der Waals surface area (Å²) in [5.74, 6) is 2.33. The predicted molar refractivity (Wildman–Crippen MR) is 78.9 cm³/mol. The molecule has 18 heavy (non-hydrogen) atoms. The van der Waals surface area contributed by atoms with Gasteiger partial charge in [0, 0.05) is 19.3 Å². The van der Waals surface area contributed by atoms with Crippen LogP contribution in [0.5, 0.6) is 0 Å². The number of anilines is 2. The Morgan fingerprint density at radius 2 is 2.17 bits per heavy atom. The molecule has 1 fully saturated rings. The number of hydrogen-bond donors (Lipinski definition) is 2. The average molecular weight is 313 g/mol. The zero-order chi connectivity index (χ0) is 13.2. The highest BCUT2D eigenvalue weighted by atomic mass is 79.9. The maximum Gasteiger partial charge on any atom is 0.224 e. The Labute approximate surface area is 117 Å². The number of hydrogen-bond acceptors (Lipinski definition) is 4. The van der Waals surface area contributed by atoms with E-state index in [2.05, 4.69) is 57.3 Å². The first-order valence-electron chi connectivity index (χ1n) is 6.53.